The van der Waals surface area contributed by atoms with Crippen molar-refractivity contribution in [3.05, 3.63) is 29.8 Å². The Balaban J connectivity index is 2.03. The third-order valence-electron chi connectivity index (χ3n) is 3.57. The average Bonchev–Trinajstić information content (AvgIpc) is 2.83. The minimum Gasteiger partial charge on any atom is -0.374 e. The van der Waals surface area contributed by atoms with Crippen molar-refractivity contribution < 1.29 is 26.3 Å². The molecule has 8 heteroatoms. The molecule has 124 valence electrons. The van der Waals surface area contributed by atoms with E-state index in [0.717, 1.165) is 12.8 Å². The second kappa shape index (κ2) is 6.17. The molecule has 0 aliphatic carbocycles. The van der Waals surface area contributed by atoms with E-state index >= 15 is 0 Å². The number of rotatable bonds is 5. The van der Waals surface area contributed by atoms with Gasteiger partial charge in [0.1, 0.15) is 0 Å². The van der Waals surface area contributed by atoms with E-state index in [1.165, 1.54) is 24.3 Å². The fourth-order valence-corrected chi connectivity index (χ4v) is 3.48. The zero-order chi connectivity index (χ0) is 16.4. The maximum Gasteiger partial charge on any atom is 0.393 e. The van der Waals surface area contributed by atoms with Gasteiger partial charge in [-0.3, -0.25) is 0 Å². The van der Waals surface area contributed by atoms with Crippen LogP contribution in [0.15, 0.2) is 29.2 Å². The summed E-state index contributed by atoms with van der Waals surface area (Å²) < 4.78 is 69.0. The third-order valence-corrected chi connectivity index (χ3v) is 4.99. The summed E-state index contributed by atoms with van der Waals surface area (Å²) in [5, 5.41) is 0. The maximum absolute atomic E-state index is 12.3. The van der Waals surface area contributed by atoms with Crippen molar-refractivity contribution in [2.24, 2.45) is 0 Å². The smallest absolute Gasteiger partial charge is 0.374 e. The lowest BCUT2D eigenvalue weighted by molar-refractivity contribution is -0.127. The Labute approximate surface area is 127 Å². The first-order valence-corrected chi connectivity index (χ1v) is 8.37. The minimum absolute atomic E-state index is 0.0255. The van der Waals surface area contributed by atoms with Crippen LogP contribution >= 0.6 is 0 Å². The van der Waals surface area contributed by atoms with Gasteiger partial charge in [0.2, 0.25) is 10.0 Å². The second-order valence-electron chi connectivity index (χ2n) is 5.66. The van der Waals surface area contributed by atoms with Crippen LogP contribution in [0.1, 0.15) is 25.3 Å². The van der Waals surface area contributed by atoms with Crippen LogP contribution in [0, 0.1) is 0 Å². The summed E-state index contributed by atoms with van der Waals surface area (Å²) in [4.78, 5) is -0.0555. The first kappa shape index (κ1) is 17.2. The molecule has 0 saturated carbocycles. The Hall–Kier alpha value is -1.12. The fraction of sp³-hybridized carbons (Fsp3) is 0.571. The van der Waals surface area contributed by atoms with Gasteiger partial charge in [-0.25, -0.2) is 13.1 Å². The summed E-state index contributed by atoms with van der Waals surface area (Å²) in [5.41, 5.74) is -0.499. The van der Waals surface area contributed by atoms with E-state index in [9.17, 15) is 21.6 Å². The van der Waals surface area contributed by atoms with Gasteiger partial charge >= 0.3 is 6.18 Å². The number of hydrogen-bond donors (Lipinski definition) is 1. The standard InChI is InChI=1S/C14H18F3NO3S/c1-13(7-2-8-21-13)10-18-22(19,20)12-5-3-11(4-6-12)9-14(15,16)17/h3-6,18H,2,7-10H2,1H3/t13-/m0/s1. The molecule has 2 rings (SSSR count). The molecule has 0 spiro atoms. The van der Waals surface area contributed by atoms with E-state index in [0.29, 0.717) is 6.61 Å². The molecule has 1 fully saturated rings. The third kappa shape index (κ3) is 4.69. The summed E-state index contributed by atoms with van der Waals surface area (Å²) >= 11 is 0. The van der Waals surface area contributed by atoms with E-state index in [1.54, 1.807) is 0 Å². The molecule has 0 amide bonds. The van der Waals surface area contributed by atoms with E-state index in [2.05, 4.69) is 4.72 Å². The second-order valence-corrected chi connectivity index (χ2v) is 7.43. The van der Waals surface area contributed by atoms with Crippen LogP contribution in [0.3, 0.4) is 0 Å². The van der Waals surface area contributed by atoms with Gasteiger partial charge in [-0.05, 0) is 37.5 Å². The van der Waals surface area contributed by atoms with Crippen molar-refractivity contribution in [2.75, 3.05) is 13.2 Å². The van der Waals surface area contributed by atoms with Crippen molar-refractivity contribution in [2.45, 2.75) is 42.9 Å². The lowest BCUT2D eigenvalue weighted by Gasteiger charge is -2.23. The van der Waals surface area contributed by atoms with Crippen molar-refractivity contribution >= 4 is 10.0 Å². The van der Waals surface area contributed by atoms with Gasteiger partial charge in [0.05, 0.1) is 16.9 Å². The Morgan fingerprint density at radius 1 is 1.27 bits per heavy atom. The largest absolute Gasteiger partial charge is 0.393 e. The Bertz CT molecular complexity index is 605. The molecule has 1 saturated heterocycles. The van der Waals surface area contributed by atoms with Crippen molar-refractivity contribution in [1.82, 2.24) is 4.72 Å². The molecule has 1 aliphatic rings. The fourth-order valence-electron chi connectivity index (χ4n) is 2.33. The monoisotopic (exact) mass is 337 g/mol. The molecule has 1 atom stereocenters. The molecule has 1 aromatic carbocycles. The van der Waals surface area contributed by atoms with Gasteiger partial charge in [-0.15, -0.1) is 0 Å². The summed E-state index contributed by atoms with van der Waals surface area (Å²) in [6.07, 6.45) is -3.75. The van der Waals surface area contributed by atoms with Crippen molar-refractivity contribution in [3.8, 4) is 0 Å². The van der Waals surface area contributed by atoms with Crippen LogP contribution in [0.25, 0.3) is 0 Å². The Morgan fingerprint density at radius 2 is 1.91 bits per heavy atom. The van der Waals surface area contributed by atoms with Gasteiger partial charge in [0.25, 0.3) is 0 Å². The average molecular weight is 337 g/mol. The zero-order valence-corrected chi connectivity index (χ0v) is 12.9. The molecular formula is C14H18F3NO3S. The van der Waals surface area contributed by atoms with Crippen LogP contribution in [0.4, 0.5) is 13.2 Å². The summed E-state index contributed by atoms with van der Waals surface area (Å²) in [6.45, 7) is 2.57. The predicted molar refractivity (Wildman–Crippen MR) is 75.0 cm³/mol. The summed E-state index contributed by atoms with van der Waals surface area (Å²) in [5.74, 6) is 0. The highest BCUT2D eigenvalue weighted by Crippen LogP contribution is 2.25. The SMILES string of the molecule is C[C@@]1(CNS(=O)(=O)c2ccc(CC(F)(F)F)cc2)CCCO1. The number of ether oxygens (including phenoxy) is 1. The van der Waals surface area contributed by atoms with Crippen LogP contribution in [-0.2, 0) is 21.2 Å². The highest BCUT2D eigenvalue weighted by atomic mass is 32.2. The number of alkyl halides is 3. The maximum atomic E-state index is 12.3. The summed E-state index contributed by atoms with van der Waals surface area (Å²) in [6, 6.07) is 4.72. The van der Waals surface area contributed by atoms with Gasteiger partial charge in [-0.1, -0.05) is 12.1 Å². The molecular weight excluding hydrogens is 319 g/mol. The lowest BCUT2D eigenvalue weighted by Crippen LogP contribution is -2.40. The first-order valence-electron chi connectivity index (χ1n) is 6.89. The number of nitrogens with one attached hydrogen (secondary N) is 1. The summed E-state index contributed by atoms with van der Waals surface area (Å²) in [7, 11) is -3.76. The number of benzene rings is 1. The first-order chi connectivity index (χ1) is 10.1. The minimum atomic E-state index is -4.31. The van der Waals surface area contributed by atoms with Gasteiger partial charge in [0.15, 0.2) is 0 Å². The van der Waals surface area contributed by atoms with E-state index in [1.807, 2.05) is 6.92 Å². The molecule has 4 nitrogen and oxygen atoms in total. The molecule has 1 aromatic rings. The van der Waals surface area contributed by atoms with Gasteiger partial charge in [-0.2, -0.15) is 13.2 Å². The van der Waals surface area contributed by atoms with Gasteiger partial charge in [0, 0.05) is 13.2 Å². The highest BCUT2D eigenvalue weighted by molar-refractivity contribution is 7.89. The van der Waals surface area contributed by atoms with E-state index in [4.69, 9.17) is 4.74 Å². The van der Waals surface area contributed by atoms with E-state index < -0.39 is 28.2 Å². The van der Waals surface area contributed by atoms with Crippen molar-refractivity contribution in [3.63, 3.8) is 0 Å². The Kier molecular flexibility index (Phi) is 4.84. The quantitative estimate of drug-likeness (QED) is 0.899. The molecule has 0 aromatic heterocycles. The van der Waals surface area contributed by atoms with Crippen LogP contribution < -0.4 is 4.72 Å². The number of halogens is 3. The molecule has 0 radical (unpaired) electrons. The number of sulfonamides is 1. The number of hydrogen-bond acceptors (Lipinski definition) is 3. The molecule has 1 aliphatic heterocycles. The predicted octanol–water partition coefficient (Wildman–Crippen LogP) is 2.64. The van der Waals surface area contributed by atoms with E-state index in [-0.39, 0.29) is 17.0 Å². The molecule has 0 unspecified atom stereocenters. The van der Waals surface area contributed by atoms with Gasteiger partial charge < -0.3 is 4.74 Å². The normalized spacial score (nSPS) is 22.9. The van der Waals surface area contributed by atoms with Crippen LogP contribution in [0.2, 0.25) is 0 Å². The van der Waals surface area contributed by atoms with Crippen molar-refractivity contribution in [1.29, 1.82) is 0 Å². The molecule has 0 bridgehead atoms. The Morgan fingerprint density at radius 3 is 2.41 bits per heavy atom. The topological polar surface area (TPSA) is 55.4 Å². The van der Waals surface area contributed by atoms with Crippen LogP contribution in [0.5, 0.6) is 0 Å². The molecule has 22 heavy (non-hydrogen) atoms. The highest BCUT2D eigenvalue weighted by Gasteiger charge is 2.31. The molecule has 1 heterocycles. The van der Waals surface area contributed by atoms with Crippen LogP contribution in [-0.4, -0.2) is 33.3 Å². The molecule has 1 N–H and O–H groups in total. The lowest BCUT2D eigenvalue weighted by atomic mass is 10.0. The zero-order valence-electron chi connectivity index (χ0n) is 12.1.